The van der Waals surface area contributed by atoms with Gasteiger partial charge in [-0.15, -0.1) is 12.6 Å². The van der Waals surface area contributed by atoms with E-state index in [2.05, 4.69) is 25.8 Å². The van der Waals surface area contributed by atoms with Gasteiger partial charge in [0, 0.05) is 28.7 Å². The molecule has 0 unspecified atom stereocenters. The summed E-state index contributed by atoms with van der Waals surface area (Å²) in [5.74, 6) is 1.25. The molecule has 3 aliphatic heterocycles. The predicted octanol–water partition coefficient (Wildman–Crippen LogP) is 2.88. The van der Waals surface area contributed by atoms with Gasteiger partial charge in [-0.25, -0.2) is 4.98 Å². The van der Waals surface area contributed by atoms with Crippen molar-refractivity contribution in [3.8, 4) is 5.88 Å². The van der Waals surface area contributed by atoms with Crippen LogP contribution in [0.15, 0.2) is 16.7 Å². The average molecular weight is 329 g/mol. The summed E-state index contributed by atoms with van der Waals surface area (Å²) in [5.41, 5.74) is 1.05. The Bertz CT molecular complexity index is 462. The highest BCUT2D eigenvalue weighted by atomic mass is 79.9. The number of halogens is 1. The molecule has 4 heterocycles. The lowest BCUT2D eigenvalue weighted by Gasteiger charge is -2.50. The third-order valence-corrected chi connectivity index (χ3v) is 4.98. The molecule has 1 atom stereocenters. The number of thiol groups is 1. The van der Waals surface area contributed by atoms with Crippen LogP contribution in [0.25, 0.3) is 0 Å². The molecule has 0 saturated carbocycles. The Morgan fingerprint density at radius 3 is 2.78 bits per heavy atom. The minimum absolute atomic E-state index is 0.373. The van der Waals surface area contributed by atoms with E-state index in [1.807, 2.05) is 13.0 Å². The van der Waals surface area contributed by atoms with Gasteiger partial charge in [-0.3, -0.25) is 4.90 Å². The molecule has 3 saturated heterocycles. The van der Waals surface area contributed by atoms with Crippen molar-refractivity contribution in [2.45, 2.75) is 24.7 Å². The van der Waals surface area contributed by atoms with Crippen LogP contribution in [0.5, 0.6) is 5.88 Å². The summed E-state index contributed by atoms with van der Waals surface area (Å²) in [6.45, 7) is 5.29. The zero-order valence-electron chi connectivity index (χ0n) is 10.4. The van der Waals surface area contributed by atoms with Gasteiger partial charge >= 0.3 is 0 Å². The summed E-state index contributed by atoms with van der Waals surface area (Å²) >= 11 is 8.25. The van der Waals surface area contributed by atoms with Crippen LogP contribution in [-0.2, 0) is 0 Å². The van der Waals surface area contributed by atoms with Crippen molar-refractivity contribution in [1.82, 2.24) is 9.88 Å². The summed E-state index contributed by atoms with van der Waals surface area (Å²) in [4.78, 5) is 6.42. The van der Waals surface area contributed by atoms with E-state index in [9.17, 15) is 0 Å². The molecule has 98 valence electrons. The summed E-state index contributed by atoms with van der Waals surface area (Å²) in [6, 6.07) is 2.03. The van der Waals surface area contributed by atoms with Crippen molar-refractivity contribution >= 4 is 28.6 Å². The molecule has 1 aromatic heterocycles. The number of piperidine rings is 3. The molecule has 0 spiro atoms. The molecule has 5 heteroatoms. The molecule has 0 radical (unpaired) electrons. The SMILES string of the molecule is Cc1cc(Br)cnc1O[C@@]1(S)CN2CCC1CC2. The molecule has 18 heavy (non-hydrogen) atoms. The predicted molar refractivity (Wildman–Crippen MR) is 78.2 cm³/mol. The van der Waals surface area contributed by atoms with Gasteiger partial charge in [0.15, 0.2) is 4.93 Å². The lowest BCUT2D eigenvalue weighted by molar-refractivity contribution is -0.0327. The molecule has 0 amide bonds. The molecule has 2 bridgehead atoms. The number of rotatable bonds is 2. The van der Waals surface area contributed by atoms with Crippen LogP contribution >= 0.6 is 28.6 Å². The average Bonchev–Trinajstić information content (AvgIpc) is 2.34. The van der Waals surface area contributed by atoms with Crippen LogP contribution in [-0.4, -0.2) is 34.5 Å². The molecular formula is C13H17BrN2OS. The highest BCUT2D eigenvalue weighted by Gasteiger charge is 2.46. The van der Waals surface area contributed by atoms with E-state index in [4.69, 9.17) is 17.4 Å². The molecule has 3 nitrogen and oxygen atoms in total. The van der Waals surface area contributed by atoms with Crippen LogP contribution in [0.2, 0.25) is 0 Å². The topological polar surface area (TPSA) is 25.4 Å². The number of ether oxygens (including phenoxy) is 1. The normalized spacial score (nSPS) is 34.6. The van der Waals surface area contributed by atoms with Gasteiger partial charge in [-0.2, -0.15) is 0 Å². The Balaban J connectivity index is 1.83. The molecule has 1 aromatic rings. The van der Waals surface area contributed by atoms with Gasteiger partial charge < -0.3 is 4.74 Å². The van der Waals surface area contributed by atoms with Crippen LogP contribution < -0.4 is 4.74 Å². The maximum absolute atomic E-state index is 6.15. The number of nitrogens with zero attached hydrogens (tertiary/aromatic N) is 2. The third kappa shape index (κ3) is 2.28. The minimum Gasteiger partial charge on any atom is -0.458 e. The van der Waals surface area contributed by atoms with Crippen molar-refractivity contribution < 1.29 is 4.74 Å². The van der Waals surface area contributed by atoms with Crippen molar-refractivity contribution in [2.75, 3.05) is 19.6 Å². The lowest BCUT2D eigenvalue weighted by atomic mass is 9.85. The first-order valence-electron chi connectivity index (χ1n) is 6.33. The van der Waals surface area contributed by atoms with Crippen molar-refractivity contribution in [1.29, 1.82) is 0 Å². The van der Waals surface area contributed by atoms with Gasteiger partial charge in [0.05, 0.1) is 0 Å². The van der Waals surface area contributed by atoms with Gasteiger partial charge in [-0.1, -0.05) is 0 Å². The highest BCUT2D eigenvalue weighted by molar-refractivity contribution is 9.10. The van der Waals surface area contributed by atoms with Gasteiger partial charge in [0.25, 0.3) is 0 Å². The van der Waals surface area contributed by atoms with E-state index in [0.717, 1.165) is 16.6 Å². The zero-order valence-corrected chi connectivity index (χ0v) is 12.9. The Morgan fingerprint density at radius 1 is 1.50 bits per heavy atom. The van der Waals surface area contributed by atoms with E-state index in [1.54, 1.807) is 6.20 Å². The van der Waals surface area contributed by atoms with Crippen molar-refractivity contribution in [3.05, 3.63) is 22.3 Å². The first kappa shape index (κ1) is 12.8. The third-order valence-electron chi connectivity index (χ3n) is 3.95. The quantitative estimate of drug-likeness (QED) is 0.667. The molecule has 0 aromatic carbocycles. The standard InChI is InChI=1S/C13H17BrN2OS/c1-9-6-11(14)7-15-12(9)17-13(18)8-16-4-2-10(13)3-5-16/h6-7,10,18H,2-5,8H2,1H3/t13-/m1/s1. The van der Waals surface area contributed by atoms with Crippen LogP contribution in [0.3, 0.4) is 0 Å². The number of aromatic nitrogens is 1. The number of hydrogen-bond acceptors (Lipinski definition) is 4. The second kappa shape index (κ2) is 4.69. The molecule has 3 fully saturated rings. The molecular weight excluding hydrogens is 312 g/mol. The van der Waals surface area contributed by atoms with Crippen LogP contribution in [0.1, 0.15) is 18.4 Å². The molecule has 4 rings (SSSR count). The Labute approximate surface area is 121 Å². The maximum atomic E-state index is 6.15. The van der Waals surface area contributed by atoms with Gasteiger partial charge in [0.2, 0.25) is 5.88 Å². The van der Waals surface area contributed by atoms with E-state index < -0.39 is 0 Å². The number of fused-ring (bicyclic) bond motifs is 3. The fraction of sp³-hybridized carbons (Fsp3) is 0.615. The van der Waals surface area contributed by atoms with Gasteiger partial charge in [-0.05, 0) is 54.9 Å². The molecule has 0 aliphatic carbocycles. The lowest BCUT2D eigenvalue weighted by Crippen LogP contribution is -2.59. The van der Waals surface area contributed by atoms with E-state index in [0.29, 0.717) is 11.8 Å². The van der Waals surface area contributed by atoms with Gasteiger partial charge in [0.1, 0.15) is 0 Å². The van der Waals surface area contributed by atoms with Crippen molar-refractivity contribution in [2.24, 2.45) is 5.92 Å². The fourth-order valence-electron chi connectivity index (χ4n) is 2.91. The second-order valence-corrected chi connectivity index (χ2v) is 6.95. The number of aryl methyl sites for hydroxylation is 1. The van der Waals surface area contributed by atoms with Crippen LogP contribution in [0, 0.1) is 12.8 Å². The second-order valence-electron chi connectivity index (χ2n) is 5.27. The summed E-state index contributed by atoms with van der Waals surface area (Å²) in [5, 5.41) is 0. The number of pyridine rings is 1. The smallest absolute Gasteiger partial charge is 0.217 e. The molecule has 0 N–H and O–H groups in total. The fourth-order valence-corrected chi connectivity index (χ4v) is 3.90. The van der Waals surface area contributed by atoms with Crippen molar-refractivity contribution in [3.63, 3.8) is 0 Å². The summed E-state index contributed by atoms with van der Waals surface area (Å²) in [6.07, 6.45) is 4.14. The maximum Gasteiger partial charge on any atom is 0.217 e. The Morgan fingerprint density at radius 2 is 2.22 bits per heavy atom. The Kier molecular flexibility index (Phi) is 3.32. The minimum atomic E-state index is -0.373. The Hall–Kier alpha value is -0.260. The van der Waals surface area contributed by atoms with E-state index in [-0.39, 0.29) is 4.93 Å². The molecule has 3 aliphatic rings. The van der Waals surface area contributed by atoms with E-state index in [1.165, 1.54) is 25.9 Å². The largest absolute Gasteiger partial charge is 0.458 e. The summed E-state index contributed by atoms with van der Waals surface area (Å²) in [7, 11) is 0. The number of hydrogen-bond donors (Lipinski definition) is 1. The highest BCUT2D eigenvalue weighted by Crippen LogP contribution is 2.41. The van der Waals surface area contributed by atoms with E-state index >= 15 is 0 Å². The monoisotopic (exact) mass is 328 g/mol. The first-order valence-corrected chi connectivity index (χ1v) is 7.57. The first-order chi connectivity index (χ1) is 8.57. The van der Waals surface area contributed by atoms with Crippen LogP contribution in [0.4, 0.5) is 0 Å². The summed E-state index contributed by atoms with van der Waals surface area (Å²) < 4.78 is 7.13. The zero-order chi connectivity index (χ0) is 12.8.